The van der Waals surface area contributed by atoms with E-state index in [1.54, 1.807) is 0 Å². The first-order chi connectivity index (χ1) is 2.27. The molecule has 0 saturated heterocycles. The number of aliphatic hydroxyl groups excluding tert-OH is 1. The second kappa shape index (κ2) is 2.17. The van der Waals surface area contributed by atoms with E-state index >= 15 is 0 Å². The van der Waals surface area contributed by atoms with Crippen molar-refractivity contribution in [3.05, 3.63) is 12.7 Å². The normalized spacial score (nSPS) is 14.0. The average Bonchev–Trinajstić information content (AvgIpc) is 1.38. The third kappa shape index (κ3) is 3.92. The molecule has 0 aliphatic heterocycles. The Bertz CT molecular complexity index is 33.9. The van der Waals surface area contributed by atoms with Gasteiger partial charge < -0.3 is 5.11 Å². The van der Waals surface area contributed by atoms with Crippen molar-refractivity contribution in [1.82, 2.24) is 0 Å². The summed E-state index contributed by atoms with van der Waals surface area (Å²) in [6, 6.07) is 0. The molecule has 0 saturated carbocycles. The molecule has 0 fully saturated rings. The molecule has 0 bridgehead atoms. The van der Waals surface area contributed by atoms with Crippen LogP contribution in [0.4, 0.5) is 0 Å². The van der Waals surface area contributed by atoms with Crippen molar-refractivity contribution in [1.29, 1.82) is 0 Å². The number of hydrogen-bond donors (Lipinski definition) is 1. The number of aliphatic hydroxyl groups is 1. The first kappa shape index (κ1) is 4.92. The Morgan fingerprint density at radius 2 is 2.20 bits per heavy atom. The molecule has 0 spiro atoms. The monoisotopic (exact) mass is 85.0 g/mol. The summed E-state index contributed by atoms with van der Waals surface area (Å²) in [5.74, 6) is 0. The molecule has 3 radical (unpaired) electrons. The highest BCUT2D eigenvalue weighted by molar-refractivity contribution is 6.11. The molecule has 2 heteroatoms. The highest BCUT2D eigenvalue weighted by Crippen LogP contribution is 1.66. The predicted molar refractivity (Wildman–Crippen MR) is 22.0 cm³/mol. The van der Waals surface area contributed by atoms with E-state index in [2.05, 4.69) is 16.8 Å². The van der Waals surface area contributed by atoms with E-state index in [-0.39, 0.29) is 0 Å². The van der Waals surface area contributed by atoms with Gasteiger partial charge in [0.1, 0.15) is 0 Å². The summed E-state index contributed by atoms with van der Waals surface area (Å²) >= 11 is 0. The van der Waals surface area contributed by atoms with Crippen molar-refractivity contribution in [2.45, 2.75) is 5.73 Å². The van der Waals surface area contributed by atoms with Crippen molar-refractivity contribution >= 4 is 10.2 Å². The molecule has 1 atom stereocenters. The largest absolute Gasteiger partial charge is 0.393 e. The number of hydrogen-bond acceptors (Lipinski definition) is 1. The predicted octanol–water partition coefficient (Wildman–Crippen LogP) is -0.341. The summed E-state index contributed by atoms with van der Waals surface area (Å²) in [7, 11) is 2.85. The summed E-state index contributed by atoms with van der Waals surface area (Å²) in [5, 5.41) is 8.16. The Morgan fingerprint density at radius 1 is 2.00 bits per heavy atom. The van der Waals surface area contributed by atoms with Gasteiger partial charge in [-0.1, -0.05) is 6.08 Å². The van der Waals surface area contributed by atoms with E-state index in [1.807, 2.05) is 0 Å². The van der Waals surface area contributed by atoms with Gasteiger partial charge in [0, 0.05) is 0 Å². The van der Waals surface area contributed by atoms with Crippen LogP contribution < -0.4 is 0 Å². The molecule has 0 aromatic carbocycles. The molecular formula is C3H5OSi. The van der Waals surface area contributed by atoms with Crippen LogP contribution in [-0.4, -0.2) is 21.1 Å². The van der Waals surface area contributed by atoms with Crippen LogP contribution in [0.15, 0.2) is 12.7 Å². The van der Waals surface area contributed by atoms with E-state index in [0.717, 1.165) is 0 Å². The minimum atomic E-state index is -0.546. The van der Waals surface area contributed by atoms with Gasteiger partial charge in [0.15, 0.2) is 0 Å². The lowest BCUT2D eigenvalue weighted by molar-refractivity contribution is 0.303. The Balaban J connectivity index is 2.83. The molecule has 0 rings (SSSR count). The maximum Gasteiger partial charge on any atom is 0.0712 e. The second-order valence-corrected chi connectivity index (χ2v) is 1.27. The van der Waals surface area contributed by atoms with Crippen LogP contribution in [0.3, 0.4) is 0 Å². The molecule has 27 valence electrons. The molecule has 0 aromatic rings. The summed E-state index contributed by atoms with van der Waals surface area (Å²) in [6.07, 6.45) is 1.39. The van der Waals surface area contributed by atoms with E-state index in [0.29, 0.717) is 0 Å². The lowest BCUT2D eigenvalue weighted by Gasteiger charge is -1.84. The van der Waals surface area contributed by atoms with E-state index < -0.39 is 5.73 Å². The fraction of sp³-hybridized carbons (Fsp3) is 0.333. The fourth-order valence-electron chi connectivity index (χ4n) is 0. The molecule has 1 nitrogen and oxygen atoms in total. The Labute approximate surface area is 34.7 Å². The van der Waals surface area contributed by atoms with Crippen molar-refractivity contribution < 1.29 is 5.11 Å². The second-order valence-electron chi connectivity index (χ2n) is 0.681. The third-order valence-corrected chi connectivity index (χ3v) is 0.459. The van der Waals surface area contributed by atoms with Crippen LogP contribution in [0.1, 0.15) is 0 Å². The Kier molecular flexibility index (Phi) is 2.14. The van der Waals surface area contributed by atoms with Crippen LogP contribution in [0.5, 0.6) is 0 Å². The third-order valence-electron chi connectivity index (χ3n) is 0.223. The molecule has 5 heavy (non-hydrogen) atoms. The van der Waals surface area contributed by atoms with Gasteiger partial charge in [-0.2, -0.15) is 0 Å². The van der Waals surface area contributed by atoms with Gasteiger partial charge >= 0.3 is 0 Å². The van der Waals surface area contributed by atoms with E-state index in [1.165, 1.54) is 6.08 Å². The van der Waals surface area contributed by atoms with Crippen LogP contribution in [0.2, 0.25) is 0 Å². The zero-order valence-electron chi connectivity index (χ0n) is 2.81. The Morgan fingerprint density at radius 3 is 2.20 bits per heavy atom. The van der Waals surface area contributed by atoms with Gasteiger partial charge in [0.25, 0.3) is 0 Å². The van der Waals surface area contributed by atoms with Crippen LogP contribution in [0, 0.1) is 0 Å². The van der Waals surface area contributed by atoms with Gasteiger partial charge in [-0.3, -0.25) is 0 Å². The zero-order chi connectivity index (χ0) is 4.28. The molecule has 1 unspecified atom stereocenters. The van der Waals surface area contributed by atoms with Crippen LogP contribution in [-0.2, 0) is 0 Å². The topological polar surface area (TPSA) is 20.2 Å². The van der Waals surface area contributed by atoms with E-state index in [4.69, 9.17) is 5.11 Å². The standard InChI is InChI=1S/C3H5OSi/c1-2-3(4)5/h2-4H,1H2. The molecular weight excluding hydrogens is 80.1 g/mol. The maximum atomic E-state index is 8.16. The van der Waals surface area contributed by atoms with Crippen LogP contribution in [0.25, 0.3) is 0 Å². The van der Waals surface area contributed by atoms with Gasteiger partial charge in [-0.05, 0) is 0 Å². The average molecular weight is 85.2 g/mol. The van der Waals surface area contributed by atoms with Gasteiger partial charge in [-0.15, -0.1) is 6.58 Å². The SMILES string of the molecule is C=CC(O)[Si]. The smallest absolute Gasteiger partial charge is 0.0712 e. The molecule has 0 aromatic heterocycles. The van der Waals surface area contributed by atoms with Crippen molar-refractivity contribution in [3.8, 4) is 0 Å². The lowest BCUT2D eigenvalue weighted by Crippen LogP contribution is -1.96. The lowest BCUT2D eigenvalue weighted by atomic mass is 10.7. The highest BCUT2D eigenvalue weighted by atomic mass is 28.1. The summed E-state index contributed by atoms with van der Waals surface area (Å²) in [6.45, 7) is 3.26. The minimum Gasteiger partial charge on any atom is -0.393 e. The van der Waals surface area contributed by atoms with Crippen LogP contribution >= 0.6 is 0 Å². The minimum absolute atomic E-state index is 0.546. The molecule has 0 aliphatic rings. The fourth-order valence-corrected chi connectivity index (χ4v) is 0. The summed E-state index contributed by atoms with van der Waals surface area (Å²) in [4.78, 5) is 0. The maximum absolute atomic E-state index is 8.16. The summed E-state index contributed by atoms with van der Waals surface area (Å²) in [5.41, 5.74) is -0.546. The first-order valence-electron chi connectivity index (χ1n) is 1.29. The van der Waals surface area contributed by atoms with Gasteiger partial charge in [0.05, 0.1) is 16.0 Å². The molecule has 0 aliphatic carbocycles. The molecule has 1 N–H and O–H groups in total. The Hall–Kier alpha value is -0.0831. The van der Waals surface area contributed by atoms with Crippen molar-refractivity contribution in [2.75, 3.05) is 0 Å². The van der Waals surface area contributed by atoms with Gasteiger partial charge in [0.2, 0.25) is 0 Å². The van der Waals surface area contributed by atoms with E-state index in [9.17, 15) is 0 Å². The first-order valence-corrected chi connectivity index (χ1v) is 1.87. The molecule has 0 heterocycles. The highest BCUT2D eigenvalue weighted by Gasteiger charge is 1.76. The van der Waals surface area contributed by atoms with Crippen molar-refractivity contribution in [3.63, 3.8) is 0 Å². The quantitative estimate of drug-likeness (QED) is 0.341. The van der Waals surface area contributed by atoms with Crippen molar-refractivity contribution in [2.24, 2.45) is 0 Å². The molecule has 0 amide bonds. The zero-order valence-corrected chi connectivity index (χ0v) is 3.81. The number of rotatable bonds is 1. The van der Waals surface area contributed by atoms with Gasteiger partial charge in [-0.25, -0.2) is 0 Å². The summed E-state index contributed by atoms with van der Waals surface area (Å²) < 4.78 is 0.